The molecule has 1 atom stereocenters. The van der Waals surface area contributed by atoms with Crippen LogP contribution in [-0.4, -0.2) is 45.7 Å². The van der Waals surface area contributed by atoms with Gasteiger partial charge >= 0.3 is 17.9 Å². The van der Waals surface area contributed by atoms with Crippen LogP contribution in [0.2, 0.25) is 0 Å². The third kappa shape index (κ3) is 8.32. The molecule has 96 valence electrons. The van der Waals surface area contributed by atoms with Crippen molar-refractivity contribution in [3.8, 4) is 0 Å². The Morgan fingerprint density at radius 2 is 1.94 bits per heavy atom. The molecule has 0 radical (unpaired) electrons. The average molecular weight is 262 g/mol. The number of hydrogen-bond acceptors (Lipinski definition) is 5. The second-order valence-electron chi connectivity index (χ2n) is 2.92. The predicted octanol–water partition coefficient (Wildman–Crippen LogP) is 0.767. The Kier molecular flexibility index (Phi) is 7.87. The molecule has 2 N–H and O–H groups in total. The topological polar surface area (TPSA) is 101 Å². The monoisotopic (exact) mass is 262 g/mol. The number of hydrogen-bond donors (Lipinski definition) is 2. The zero-order chi connectivity index (χ0) is 13.3. The van der Waals surface area contributed by atoms with Gasteiger partial charge in [0.15, 0.2) is 6.10 Å². The van der Waals surface area contributed by atoms with E-state index in [1.807, 2.05) is 6.92 Å². The molecule has 0 rings (SSSR count). The van der Waals surface area contributed by atoms with E-state index in [9.17, 15) is 14.4 Å². The first-order valence-corrected chi connectivity index (χ1v) is 6.05. The van der Waals surface area contributed by atoms with Crippen LogP contribution in [0.25, 0.3) is 0 Å². The molecular weight excluding hydrogens is 248 g/mol. The number of carbonyl (C=O) groups excluding carboxylic acids is 1. The minimum absolute atomic E-state index is 0.195. The number of ether oxygens (including phenoxy) is 1. The van der Waals surface area contributed by atoms with E-state index >= 15 is 0 Å². The van der Waals surface area contributed by atoms with Gasteiger partial charge in [-0.05, 0) is 11.5 Å². The lowest BCUT2D eigenvalue weighted by atomic mass is 10.3. The summed E-state index contributed by atoms with van der Waals surface area (Å²) in [6, 6.07) is 0. The smallest absolute Gasteiger partial charge is 0.345 e. The van der Waals surface area contributed by atoms with E-state index in [0.717, 1.165) is 5.75 Å². The molecule has 0 bridgehead atoms. The zero-order valence-corrected chi connectivity index (χ0v) is 10.1. The van der Waals surface area contributed by atoms with Gasteiger partial charge in [0.05, 0.1) is 0 Å². The Bertz CT molecular complexity index is 312. The summed E-state index contributed by atoms with van der Waals surface area (Å²) < 4.78 is 4.61. The molecule has 17 heavy (non-hydrogen) atoms. The summed E-state index contributed by atoms with van der Waals surface area (Å²) in [6.45, 7) is 1.93. The van der Waals surface area contributed by atoms with Gasteiger partial charge in [-0.1, -0.05) is 6.92 Å². The van der Waals surface area contributed by atoms with Crippen LogP contribution in [0, 0.1) is 0 Å². The van der Waals surface area contributed by atoms with E-state index in [1.54, 1.807) is 0 Å². The summed E-state index contributed by atoms with van der Waals surface area (Å²) in [4.78, 5) is 31.9. The first kappa shape index (κ1) is 15.5. The highest BCUT2D eigenvalue weighted by molar-refractivity contribution is 7.99. The van der Waals surface area contributed by atoms with Crippen molar-refractivity contribution >= 4 is 29.7 Å². The van der Waals surface area contributed by atoms with Crippen LogP contribution in [0.3, 0.4) is 0 Å². The summed E-state index contributed by atoms with van der Waals surface area (Å²) in [5, 5.41) is 17.0. The molecule has 0 saturated carbocycles. The molecule has 0 fully saturated rings. The van der Waals surface area contributed by atoms with Crippen LogP contribution < -0.4 is 0 Å². The van der Waals surface area contributed by atoms with E-state index in [2.05, 4.69) is 4.74 Å². The first-order valence-electron chi connectivity index (χ1n) is 4.89. The summed E-state index contributed by atoms with van der Waals surface area (Å²) in [6.07, 6.45) is 0.244. The summed E-state index contributed by atoms with van der Waals surface area (Å²) in [5.41, 5.74) is 0. The second-order valence-corrected chi connectivity index (χ2v) is 4.31. The molecule has 0 amide bonds. The quantitative estimate of drug-likeness (QED) is 0.378. The third-order valence-electron chi connectivity index (χ3n) is 1.62. The molecule has 0 aromatic rings. The van der Waals surface area contributed by atoms with Crippen molar-refractivity contribution in [2.24, 2.45) is 0 Å². The largest absolute Gasteiger partial charge is 0.479 e. The van der Waals surface area contributed by atoms with Crippen LogP contribution in [0.5, 0.6) is 0 Å². The minimum atomic E-state index is -1.30. The Morgan fingerprint density at radius 3 is 2.41 bits per heavy atom. The molecule has 1 unspecified atom stereocenters. The van der Waals surface area contributed by atoms with Gasteiger partial charge in [0.25, 0.3) is 0 Å². The fourth-order valence-corrected chi connectivity index (χ4v) is 1.56. The fraction of sp³-hybridized carbons (Fsp3) is 0.500. The normalized spacial score (nSPS) is 12.3. The highest BCUT2D eigenvalue weighted by Gasteiger charge is 2.20. The third-order valence-corrected chi connectivity index (χ3v) is 2.56. The van der Waals surface area contributed by atoms with Crippen LogP contribution in [0.1, 0.15) is 13.3 Å². The standard InChI is InChI=1S/C10H14O6S/c1-2-17-6-5-7(10(14)15)16-9(13)4-3-8(11)12/h3-4,7H,2,5-6H2,1H3,(H,11,12)(H,14,15). The molecule has 0 aliphatic carbocycles. The Morgan fingerprint density at radius 1 is 1.29 bits per heavy atom. The van der Waals surface area contributed by atoms with Gasteiger partial charge in [-0.15, -0.1) is 0 Å². The highest BCUT2D eigenvalue weighted by atomic mass is 32.2. The molecule has 0 saturated heterocycles. The van der Waals surface area contributed by atoms with Crippen molar-refractivity contribution < 1.29 is 29.3 Å². The maximum Gasteiger partial charge on any atom is 0.345 e. The zero-order valence-electron chi connectivity index (χ0n) is 9.29. The molecular formula is C10H14O6S. The van der Waals surface area contributed by atoms with Gasteiger partial charge in [0.1, 0.15) is 0 Å². The van der Waals surface area contributed by atoms with Gasteiger partial charge in [0, 0.05) is 18.6 Å². The number of rotatable bonds is 8. The molecule has 0 aliphatic rings. The van der Waals surface area contributed by atoms with Crippen molar-refractivity contribution in [3.63, 3.8) is 0 Å². The van der Waals surface area contributed by atoms with Gasteiger partial charge in [0.2, 0.25) is 0 Å². The number of carboxylic acids is 2. The highest BCUT2D eigenvalue weighted by Crippen LogP contribution is 2.07. The Hall–Kier alpha value is -1.50. The van der Waals surface area contributed by atoms with Crippen molar-refractivity contribution in [1.29, 1.82) is 0 Å². The van der Waals surface area contributed by atoms with Crippen molar-refractivity contribution in [2.75, 3.05) is 11.5 Å². The van der Waals surface area contributed by atoms with Crippen molar-refractivity contribution in [3.05, 3.63) is 12.2 Å². The number of aliphatic carboxylic acids is 2. The van der Waals surface area contributed by atoms with E-state index in [0.29, 0.717) is 17.9 Å². The van der Waals surface area contributed by atoms with E-state index in [1.165, 1.54) is 11.8 Å². The SMILES string of the molecule is CCSCCC(OC(=O)C=CC(=O)O)C(=O)O. The van der Waals surface area contributed by atoms with Crippen LogP contribution in [0.4, 0.5) is 0 Å². The van der Waals surface area contributed by atoms with Gasteiger partial charge < -0.3 is 14.9 Å². The molecule has 7 heteroatoms. The van der Waals surface area contributed by atoms with Gasteiger partial charge in [-0.2, -0.15) is 11.8 Å². The number of carbonyl (C=O) groups is 3. The average Bonchev–Trinajstić information content (AvgIpc) is 2.25. The van der Waals surface area contributed by atoms with Gasteiger partial charge in [-0.25, -0.2) is 14.4 Å². The maximum absolute atomic E-state index is 11.1. The summed E-state index contributed by atoms with van der Waals surface area (Å²) in [7, 11) is 0. The summed E-state index contributed by atoms with van der Waals surface area (Å²) in [5.74, 6) is -2.10. The van der Waals surface area contributed by atoms with Crippen LogP contribution in [-0.2, 0) is 19.1 Å². The molecule has 0 heterocycles. The van der Waals surface area contributed by atoms with E-state index < -0.39 is 24.0 Å². The van der Waals surface area contributed by atoms with E-state index in [-0.39, 0.29) is 6.42 Å². The maximum atomic E-state index is 11.1. The lowest BCUT2D eigenvalue weighted by molar-refractivity contribution is -0.160. The molecule has 0 aliphatic heterocycles. The molecule has 0 aromatic heterocycles. The number of thioether (sulfide) groups is 1. The van der Waals surface area contributed by atoms with Crippen molar-refractivity contribution in [2.45, 2.75) is 19.4 Å². The Labute approximate surface area is 103 Å². The lowest BCUT2D eigenvalue weighted by Crippen LogP contribution is -2.27. The number of carboxylic acid groups (broad SMARTS) is 2. The van der Waals surface area contributed by atoms with E-state index in [4.69, 9.17) is 10.2 Å². The van der Waals surface area contributed by atoms with Crippen LogP contribution >= 0.6 is 11.8 Å². The van der Waals surface area contributed by atoms with Crippen molar-refractivity contribution in [1.82, 2.24) is 0 Å². The van der Waals surface area contributed by atoms with Gasteiger partial charge in [-0.3, -0.25) is 0 Å². The van der Waals surface area contributed by atoms with Crippen LogP contribution in [0.15, 0.2) is 12.2 Å². The lowest BCUT2D eigenvalue weighted by Gasteiger charge is -2.11. The predicted molar refractivity (Wildman–Crippen MR) is 61.9 cm³/mol. The molecule has 6 nitrogen and oxygen atoms in total. The fourth-order valence-electron chi connectivity index (χ4n) is 0.886. The molecule has 0 aromatic carbocycles. The second kappa shape index (κ2) is 8.63. The first-order chi connectivity index (χ1) is 7.97. The summed E-state index contributed by atoms with van der Waals surface area (Å²) >= 11 is 1.53. The minimum Gasteiger partial charge on any atom is -0.479 e. The molecule has 0 spiro atoms. The Balaban J connectivity index is 4.20. The number of esters is 1.